The molecule has 0 saturated carbocycles. The van der Waals surface area contributed by atoms with Crippen LogP contribution in [0.4, 0.5) is 0 Å². The lowest BCUT2D eigenvalue weighted by Gasteiger charge is -2.03. The Balaban J connectivity index is 1.75. The number of pyridine rings is 1. The lowest BCUT2D eigenvalue weighted by molar-refractivity contribution is 0.315. The first-order valence-corrected chi connectivity index (χ1v) is 7.44. The first-order valence-electron chi connectivity index (χ1n) is 6.25. The molecule has 4 nitrogen and oxygen atoms in total. The zero-order valence-corrected chi connectivity index (χ0v) is 12.2. The van der Waals surface area contributed by atoms with Crippen LogP contribution in [-0.2, 0) is 0 Å². The van der Waals surface area contributed by atoms with E-state index in [1.54, 1.807) is 0 Å². The van der Waals surface area contributed by atoms with Crippen molar-refractivity contribution >= 4 is 45.3 Å². The zero-order valence-electron chi connectivity index (χ0n) is 10.7. The number of fused-ring (bicyclic) bond motifs is 2. The van der Waals surface area contributed by atoms with Crippen LogP contribution in [0.2, 0.25) is 5.02 Å². The Kier molecular flexibility index (Phi) is 3.02. The van der Waals surface area contributed by atoms with E-state index in [9.17, 15) is 0 Å². The molecule has 0 bridgehead atoms. The number of rotatable bonds is 2. The van der Waals surface area contributed by atoms with Crippen molar-refractivity contribution in [3.8, 4) is 0 Å². The quantitative estimate of drug-likeness (QED) is 0.542. The minimum absolute atomic E-state index is 0.525. The summed E-state index contributed by atoms with van der Waals surface area (Å²) >= 11 is 7.70. The van der Waals surface area contributed by atoms with E-state index in [1.807, 2.05) is 42.5 Å². The molecule has 4 aromatic rings. The summed E-state index contributed by atoms with van der Waals surface area (Å²) in [6.07, 6.45) is 0. The van der Waals surface area contributed by atoms with Gasteiger partial charge in [0, 0.05) is 10.3 Å². The molecule has 0 unspecified atom stereocenters. The normalized spacial score (nSPS) is 11.3. The fourth-order valence-electron chi connectivity index (χ4n) is 2.11. The monoisotopic (exact) mass is 313 g/mol. The first-order chi connectivity index (χ1) is 10.3. The summed E-state index contributed by atoms with van der Waals surface area (Å²) in [7, 11) is 0. The number of hydrogen-bond acceptors (Lipinski definition) is 5. The van der Waals surface area contributed by atoms with E-state index < -0.39 is 0 Å². The van der Waals surface area contributed by atoms with E-state index in [0.717, 1.165) is 20.8 Å². The third-order valence-corrected chi connectivity index (χ3v) is 4.28. The van der Waals surface area contributed by atoms with Crippen LogP contribution in [-0.4, -0.2) is 15.3 Å². The van der Waals surface area contributed by atoms with Crippen LogP contribution >= 0.6 is 23.4 Å². The number of benzene rings is 2. The summed E-state index contributed by atoms with van der Waals surface area (Å²) in [6, 6.07) is 15.8. The maximum Gasteiger partial charge on any atom is 0.153 e. The predicted molar refractivity (Wildman–Crippen MR) is 82.7 cm³/mol. The van der Waals surface area contributed by atoms with Gasteiger partial charge in [0.1, 0.15) is 10.5 Å². The third kappa shape index (κ3) is 2.34. The summed E-state index contributed by atoms with van der Waals surface area (Å²) in [6.45, 7) is 0. The second-order valence-electron chi connectivity index (χ2n) is 4.48. The minimum atomic E-state index is 0.525. The fraction of sp³-hybridized carbons (Fsp3) is 0. The summed E-state index contributed by atoms with van der Waals surface area (Å²) < 4.78 is 4.70. The smallest absolute Gasteiger partial charge is 0.153 e. The molecule has 0 radical (unpaired) electrons. The number of aromatic nitrogens is 3. The van der Waals surface area contributed by atoms with Gasteiger partial charge in [-0.3, -0.25) is 0 Å². The van der Waals surface area contributed by atoms with E-state index in [2.05, 4.69) is 21.4 Å². The van der Waals surface area contributed by atoms with Crippen molar-refractivity contribution in [2.24, 2.45) is 0 Å². The molecule has 102 valence electrons. The molecule has 0 spiro atoms. The van der Waals surface area contributed by atoms with Crippen molar-refractivity contribution < 1.29 is 4.63 Å². The Morgan fingerprint density at radius 2 is 1.86 bits per heavy atom. The van der Waals surface area contributed by atoms with Gasteiger partial charge in [-0.1, -0.05) is 47.6 Å². The molecule has 0 aliphatic heterocycles. The van der Waals surface area contributed by atoms with Gasteiger partial charge < -0.3 is 0 Å². The highest BCUT2D eigenvalue weighted by Gasteiger charge is 2.09. The van der Waals surface area contributed by atoms with E-state index in [0.29, 0.717) is 16.1 Å². The van der Waals surface area contributed by atoms with Crippen molar-refractivity contribution in [3.05, 3.63) is 53.6 Å². The molecule has 6 heteroatoms. The fourth-order valence-corrected chi connectivity index (χ4v) is 3.29. The summed E-state index contributed by atoms with van der Waals surface area (Å²) in [5.74, 6) is 0. The summed E-state index contributed by atoms with van der Waals surface area (Å²) in [5, 5.41) is 10.1. The standard InChI is InChI=1S/C15H8ClN3OS/c16-11-7-10(8-13-15(11)19-20-18-13)21-14-6-5-9-3-1-2-4-12(9)17-14/h1-8H. The molecular formula is C15H8ClN3OS. The Morgan fingerprint density at radius 1 is 0.952 bits per heavy atom. The molecule has 0 aliphatic carbocycles. The van der Waals surface area contributed by atoms with Gasteiger partial charge in [-0.05, 0) is 34.6 Å². The number of para-hydroxylation sites is 1. The van der Waals surface area contributed by atoms with Crippen LogP contribution in [0.25, 0.3) is 21.9 Å². The molecule has 21 heavy (non-hydrogen) atoms. The molecular weight excluding hydrogens is 306 g/mol. The van der Waals surface area contributed by atoms with Gasteiger partial charge in [-0.25, -0.2) is 9.61 Å². The van der Waals surface area contributed by atoms with E-state index >= 15 is 0 Å². The molecule has 2 aromatic heterocycles. The lowest BCUT2D eigenvalue weighted by Crippen LogP contribution is -1.83. The van der Waals surface area contributed by atoms with Gasteiger partial charge in [0.2, 0.25) is 0 Å². The number of nitrogens with zero attached hydrogens (tertiary/aromatic N) is 3. The molecule has 0 atom stereocenters. The van der Waals surface area contributed by atoms with Gasteiger partial charge in [-0.15, -0.1) is 0 Å². The Bertz CT molecular complexity index is 954. The predicted octanol–water partition coefficient (Wildman–Crippen LogP) is 4.58. The molecule has 4 rings (SSSR count). The second kappa shape index (κ2) is 5.02. The minimum Gasteiger partial charge on any atom is -0.243 e. The number of hydrogen-bond donors (Lipinski definition) is 0. The van der Waals surface area contributed by atoms with E-state index in [1.165, 1.54) is 11.8 Å². The van der Waals surface area contributed by atoms with Crippen LogP contribution in [0.3, 0.4) is 0 Å². The lowest BCUT2D eigenvalue weighted by atomic mass is 10.2. The van der Waals surface area contributed by atoms with Crippen LogP contribution in [0.15, 0.2) is 63.1 Å². The molecule has 0 amide bonds. The highest BCUT2D eigenvalue weighted by molar-refractivity contribution is 7.99. The Hall–Kier alpha value is -2.11. The molecule has 0 fully saturated rings. The van der Waals surface area contributed by atoms with Gasteiger partial charge in [-0.2, -0.15) is 0 Å². The van der Waals surface area contributed by atoms with Crippen LogP contribution in [0.1, 0.15) is 0 Å². The Labute approximate surface area is 129 Å². The molecule has 0 N–H and O–H groups in total. The number of halogens is 1. The van der Waals surface area contributed by atoms with Crippen molar-refractivity contribution in [1.82, 2.24) is 15.3 Å². The zero-order chi connectivity index (χ0) is 14.2. The van der Waals surface area contributed by atoms with Crippen molar-refractivity contribution in [1.29, 1.82) is 0 Å². The summed E-state index contributed by atoms with van der Waals surface area (Å²) in [5.41, 5.74) is 2.19. The van der Waals surface area contributed by atoms with Crippen LogP contribution in [0.5, 0.6) is 0 Å². The highest BCUT2D eigenvalue weighted by atomic mass is 35.5. The average Bonchev–Trinajstić information content (AvgIpc) is 2.96. The van der Waals surface area contributed by atoms with Crippen molar-refractivity contribution in [2.45, 2.75) is 9.92 Å². The van der Waals surface area contributed by atoms with Gasteiger partial charge in [0.15, 0.2) is 5.52 Å². The van der Waals surface area contributed by atoms with Crippen molar-refractivity contribution in [3.63, 3.8) is 0 Å². The maximum absolute atomic E-state index is 6.17. The van der Waals surface area contributed by atoms with E-state index in [-0.39, 0.29) is 0 Å². The molecule has 0 saturated heterocycles. The largest absolute Gasteiger partial charge is 0.243 e. The van der Waals surface area contributed by atoms with E-state index in [4.69, 9.17) is 16.2 Å². The second-order valence-corrected chi connectivity index (χ2v) is 5.98. The molecule has 2 heterocycles. The molecule has 0 aliphatic rings. The SMILES string of the molecule is Clc1cc(Sc2ccc3ccccc3n2)cc2nonc12. The maximum atomic E-state index is 6.17. The topological polar surface area (TPSA) is 51.8 Å². The van der Waals surface area contributed by atoms with Gasteiger partial charge >= 0.3 is 0 Å². The third-order valence-electron chi connectivity index (χ3n) is 3.08. The first kappa shape index (κ1) is 12.6. The van der Waals surface area contributed by atoms with Gasteiger partial charge in [0.05, 0.1) is 10.5 Å². The highest BCUT2D eigenvalue weighted by Crippen LogP contribution is 2.32. The average molecular weight is 314 g/mol. The molecule has 2 aromatic carbocycles. The summed E-state index contributed by atoms with van der Waals surface area (Å²) in [4.78, 5) is 5.58. The van der Waals surface area contributed by atoms with Crippen LogP contribution in [0, 0.1) is 0 Å². The van der Waals surface area contributed by atoms with Crippen molar-refractivity contribution in [2.75, 3.05) is 0 Å². The van der Waals surface area contributed by atoms with Gasteiger partial charge in [0.25, 0.3) is 0 Å². The Morgan fingerprint density at radius 3 is 2.81 bits per heavy atom. The van der Waals surface area contributed by atoms with Crippen LogP contribution < -0.4 is 0 Å².